The van der Waals surface area contributed by atoms with Crippen molar-refractivity contribution in [1.82, 2.24) is 4.98 Å². The molecule has 0 aliphatic heterocycles. The Morgan fingerprint density at radius 1 is 1.57 bits per heavy atom. The van der Waals surface area contributed by atoms with Crippen molar-refractivity contribution in [2.24, 2.45) is 5.73 Å². The molecule has 0 aromatic carbocycles. The van der Waals surface area contributed by atoms with Gasteiger partial charge in [0.15, 0.2) is 9.84 Å². The van der Waals surface area contributed by atoms with Crippen LogP contribution in [-0.4, -0.2) is 19.2 Å². The van der Waals surface area contributed by atoms with E-state index in [1.165, 1.54) is 6.92 Å². The van der Waals surface area contributed by atoms with Gasteiger partial charge in [-0.1, -0.05) is 6.92 Å². The van der Waals surface area contributed by atoms with Crippen molar-refractivity contribution in [2.75, 3.05) is 5.75 Å². The fourth-order valence-electron chi connectivity index (χ4n) is 0.936. The molecule has 0 saturated heterocycles. The molecule has 1 aromatic heterocycles. The maximum Gasteiger partial charge on any atom is 0.179 e. The van der Waals surface area contributed by atoms with E-state index in [9.17, 15) is 12.8 Å². The van der Waals surface area contributed by atoms with Gasteiger partial charge >= 0.3 is 0 Å². The smallest absolute Gasteiger partial charge is 0.179 e. The van der Waals surface area contributed by atoms with Gasteiger partial charge in [0.1, 0.15) is 5.82 Å². The van der Waals surface area contributed by atoms with Gasteiger partial charge in [0.2, 0.25) is 0 Å². The molecule has 0 radical (unpaired) electrons. The van der Waals surface area contributed by atoms with Crippen LogP contribution >= 0.6 is 0 Å². The predicted octanol–water partition coefficient (Wildman–Crippen LogP) is 0.473. The van der Waals surface area contributed by atoms with E-state index in [-0.39, 0.29) is 22.9 Å². The highest BCUT2D eigenvalue weighted by atomic mass is 32.2. The molecular formula is C8H11FN2O2S. The van der Waals surface area contributed by atoms with Crippen LogP contribution in [0.3, 0.4) is 0 Å². The first-order chi connectivity index (χ1) is 6.51. The van der Waals surface area contributed by atoms with E-state index in [0.29, 0.717) is 0 Å². The lowest BCUT2D eigenvalue weighted by molar-refractivity contribution is 0.580. The van der Waals surface area contributed by atoms with E-state index < -0.39 is 15.7 Å². The number of nitrogens with zero attached hydrogens (tertiary/aromatic N) is 1. The number of hydrogen-bond donors (Lipinski definition) is 1. The van der Waals surface area contributed by atoms with Crippen LogP contribution in [0.1, 0.15) is 12.6 Å². The number of rotatable bonds is 3. The Labute approximate surface area is 81.9 Å². The van der Waals surface area contributed by atoms with Gasteiger partial charge in [0.25, 0.3) is 0 Å². The van der Waals surface area contributed by atoms with Gasteiger partial charge in [-0.2, -0.15) is 0 Å². The van der Waals surface area contributed by atoms with E-state index in [1.807, 2.05) is 0 Å². The summed E-state index contributed by atoms with van der Waals surface area (Å²) in [6.07, 6.45) is 1.13. The summed E-state index contributed by atoms with van der Waals surface area (Å²) in [6, 6.07) is 0.952. The minimum absolute atomic E-state index is 0.0434. The minimum atomic E-state index is -3.39. The number of halogens is 1. The molecule has 0 aliphatic carbocycles. The SMILES string of the molecule is CCS(=O)(=O)c1cnc(CN)c(F)c1. The van der Waals surface area contributed by atoms with E-state index in [2.05, 4.69) is 4.98 Å². The van der Waals surface area contributed by atoms with Gasteiger partial charge in [0, 0.05) is 12.7 Å². The van der Waals surface area contributed by atoms with Crippen molar-refractivity contribution in [3.05, 3.63) is 23.8 Å². The molecule has 0 saturated carbocycles. The molecule has 1 heterocycles. The van der Waals surface area contributed by atoms with Crippen LogP contribution in [0.2, 0.25) is 0 Å². The Kier molecular flexibility index (Phi) is 3.17. The minimum Gasteiger partial charge on any atom is -0.325 e. The Hall–Kier alpha value is -1.01. The number of nitrogens with two attached hydrogens (primary N) is 1. The van der Waals surface area contributed by atoms with Crippen molar-refractivity contribution in [3.63, 3.8) is 0 Å². The van der Waals surface area contributed by atoms with Crippen molar-refractivity contribution < 1.29 is 12.8 Å². The van der Waals surface area contributed by atoms with Crippen LogP contribution in [-0.2, 0) is 16.4 Å². The first-order valence-electron chi connectivity index (χ1n) is 4.08. The topological polar surface area (TPSA) is 73.0 Å². The summed E-state index contributed by atoms with van der Waals surface area (Å²) in [5.41, 5.74) is 5.26. The van der Waals surface area contributed by atoms with Crippen LogP contribution in [0.5, 0.6) is 0 Å². The number of aromatic nitrogens is 1. The molecule has 6 heteroatoms. The standard InChI is InChI=1S/C8H11FN2O2S/c1-2-14(12,13)6-3-7(9)8(4-10)11-5-6/h3,5H,2,4,10H2,1H3. The lowest BCUT2D eigenvalue weighted by Gasteiger charge is -2.03. The Balaban J connectivity index is 3.22. The fraction of sp³-hybridized carbons (Fsp3) is 0.375. The highest BCUT2D eigenvalue weighted by Gasteiger charge is 2.14. The number of pyridine rings is 1. The zero-order chi connectivity index (χ0) is 10.8. The van der Waals surface area contributed by atoms with Gasteiger partial charge in [-0.3, -0.25) is 4.98 Å². The van der Waals surface area contributed by atoms with Crippen LogP contribution in [0.25, 0.3) is 0 Å². The second-order valence-electron chi connectivity index (χ2n) is 2.71. The van der Waals surface area contributed by atoms with Gasteiger partial charge in [-0.05, 0) is 6.07 Å². The summed E-state index contributed by atoms with van der Waals surface area (Å²) in [7, 11) is -3.39. The van der Waals surface area contributed by atoms with Crippen molar-refractivity contribution in [3.8, 4) is 0 Å². The summed E-state index contributed by atoms with van der Waals surface area (Å²) in [4.78, 5) is 3.53. The maximum absolute atomic E-state index is 13.1. The predicted molar refractivity (Wildman–Crippen MR) is 49.8 cm³/mol. The zero-order valence-corrected chi connectivity index (χ0v) is 8.51. The molecule has 2 N–H and O–H groups in total. The van der Waals surface area contributed by atoms with E-state index in [4.69, 9.17) is 5.73 Å². The molecule has 14 heavy (non-hydrogen) atoms. The van der Waals surface area contributed by atoms with E-state index >= 15 is 0 Å². The third kappa shape index (κ3) is 2.08. The average molecular weight is 218 g/mol. The lowest BCUT2D eigenvalue weighted by Crippen LogP contribution is -2.08. The van der Waals surface area contributed by atoms with Gasteiger partial charge in [-0.25, -0.2) is 12.8 Å². The first-order valence-corrected chi connectivity index (χ1v) is 5.73. The van der Waals surface area contributed by atoms with Crippen molar-refractivity contribution in [2.45, 2.75) is 18.4 Å². The average Bonchev–Trinajstić information content (AvgIpc) is 2.17. The van der Waals surface area contributed by atoms with Gasteiger partial charge in [-0.15, -0.1) is 0 Å². The molecule has 0 unspecified atom stereocenters. The third-order valence-corrected chi connectivity index (χ3v) is 3.53. The van der Waals surface area contributed by atoms with Crippen molar-refractivity contribution in [1.29, 1.82) is 0 Å². The number of sulfone groups is 1. The summed E-state index contributed by atoms with van der Waals surface area (Å²) in [5.74, 6) is -0.752. The molecule has 4 nitrogen and oxygen atoms in total. The van der Waals surface area contributed by atoms with Crippen LogP contribution in [0, 0.1) is 5.82 Å². The number of hydrogen-bond acceptors (Lipinski definition) is 4. The quantitative estimate of drug-likeness (QED) is 0.800. The molecular weight excluding hydrogens is 207 g/mol. The molecule has 1 aromatic rings. The Morgan fingerprint density at radius 3 is 2.64 bits per heavy atom. The largest absolute Gasteiger partial charge is 0.325 e. The molecule has 1 rings (SSSR count). The lowest BCUT2D eigenvalue weighted by atomic mass is 10.3. The molecule has 0 fully saturated rings. The summed E-state index contributed by atoms with van der Waals surface area (Å²) >= 11 is 0. The Bertz CT molecular complexity index is 431. The molecule has 0 atom stereocenters. The van der Waals surface area contributed by atoms with Gasteiger partial charge in [0.05, 0.1) is 16.3 Å². The summed E-state index contributed by atoms with van der Waals surface area (Å²) < 4.78 is 35.7. The van der Waals surface area contributed by atoms with Crippen molar-refractivity contribution >= 4 is 9.84 Å². The fourth-order valence-corrected chi connectivity index (χ4v) is 1.77. The monoisotopic (exact) mass is 218 g/mol. The highest BCUT2D eigenvalue weighted by molar-refractivity contribution is 7.91. The summed E-state index contributed by atoms with van der Waals surface area (Å²) in [5, 5.41) is 0. The molecule has 0 bridgehead atoms. The van der Waals surface area contributed by atoms with Crippen LogP contribution in [0.4, 0.5) is 4.39 Å². The normalized spacial score (nSPS) is 11.6. The first kappa shape index (κ1) is 11.1. The van der Waals surface area contributed by atoms with Crippen LogP contribution in [0.15, 0.2) is 17.2 Å². The molecule has 0 spiro atoms. The van der Waals surface area contributed by atoms with Gasteiger partial charge < -0.3 is 5.73 Å². The second kappa shape index (κ2) is 4.02. The third-order valence-electron chi connectivity index (χ3n) is 1.82. The molecule has 78 valence electrons. The molecule has 0 amide bonds. The van der Waals surface area contributed by atoms with Crippen LogP contribution < -0.4 is 5.73 Å². The second-order valence-corrected chi connectivity index (χ2v) is 4.99. The zero-order valence-electron chi connectivity index (χ0n) is 7.70. The van der Waals surface area contributed by atoms with E-state index in [0.717, 1.165) is 12.3 Å². The highest BCUT2D eigenvalue weighted by Crippen LogP contribution is 2.13. The molecule has 0 aliphatic rings. The Morgan fingerprint density at radius 2 is 2.21 bits per heavy atom. The maximum atomic E-state index is 13.1. The van der Waals surface area contributed by atoms with E-state index in [1.54, 1.807) is 0 Å². The summed E-state index contributed by atoms with van der Waals surface area (Å²) in [6.45, 7) is 1.45.